The molecule has 0 amide bonds. The Bertz CT molecular complexity index is 1390. The first kappa shape index (κ1) is 19.8. The van der Waals surface area contributed by atoms with Gasteiger partial charge in [-0.05, 0) is 36.3 Å². The van der Waals surface area contributed by atoms with E-state index >= 15 is 0 Å². The second kappa shape index (κ2) is 8.12. The van der Waals surface area contributed by atoms with E-state index in [2.05, 4.69) is 4.98 Å². The maximum absolute atomic E-state index is 13.1. The van der Waals surface area contributed by atoms with Gasteiger partial charge in [-0.1, -0.05) is 47.7 Å². The number of hydrogen-bond donors (Lipinski definition) is 0. The molecule has 30 heavy (non-hydrogen) atoms. The predicted molar refractivity (Wildman–Crippen MR) is 118 cm³/mol. The summed E-state index contributed by atoms with van der Waals surface area (Å²) >= 11 is 1.20. The van der Waals surface area contributed by atoms with Gasteiger partial charge in [0.25, 0.3) is 11.1 Å². The quantitative estimate of drug-likeness (QED) is 0.496. The van der Waals surface area contributed by atoms with Crippen molar-refractivity contribution in [3.8, 4) is 11.5 Å². The van der Waals surface area contributed by atoms with Crippen molar-refractivity contribution in [1.82, 2.24) is 9.38 Å². The van der Waals surface area contributed by atoms with E-state index in [1.54, 1.807) is 39.4 Å². The minimum absolute atomic E-state index is 0.191. The number of aryl methyl sites for hydroxylation is 1. The molecule has 0 spiro atoms. The highest BCUT2D eigenvalue weighted by atomic mass is 32.1. The standard InChI is InChI=1S/C23H20N2O4S/c1-14-17(11-15-7-5-4-6-8-15)21(26)24-23-25(14)22(27)20(30-23)13-16-9-10-18(28-2)19(12-16)29-3/h4-10,12-13H,11H2,1-3H3/b20-13+. The van der Waals surface area contributed by atoms with Gasteiger partial charge in [0.1, 0.15) is 0 Å². The molecule has 0 radical (unpaired) electrons. The first-order valence-electron chi connectivity index (χ1n) is 9.34. The lowest BCUT2D eigenvalue weighted by atomic mass is 10.1. The highest BCUT2D eigenvalue weighted by Gasteiger charge is 2.15. The smallest absolute Gasteiger partial charge is 0.277 e. The molecule has 0 N–H and O–H groups in total. The van der Waals surface area contributed by atoms with Gasteiger partial charge in [0.15, 0.2) is 11.5 Å². The zero-order valence-electron chi connectivity index (χ0n) is 16.8. The van der Waals surface area contributed by atoms with Gasteiger partial charge in [-0.25, -0.2) is 0 Å². The van der Waals surface area contributed by atoms with E-state index < -0.39 is 0 Å². The Balaban J connectivity index is 1.85. The molecule has 0 unspecified atom stereocenters. The second-order valence-corrected chi connectivity index (χ2v) is 7.80. The molecule has 0 atom stereocenters. The maximum Gasteiger partial charge on any atom is 0.277 e. The molecule has 0 aliphatic carbocycles. The van der Waals surface area contributed by atoms with Crippen molar-refractivity contribution in [2.24, 2.45) is 0 Å². The fourth-order valence-corrected chi connectivity index (χ4v) is 4.40. The number of nitrogens with zero attached hydrogens (tertiary/aromatic N) is 2. The number of methoxy groups -OCH3 is 2. The Morgan fingerprint density at radius 3 is 2.47 bits per heavy atom. The second-order valence-electron chi connectivity index (χ2n) is 6.79. The Morgan fingerprint density at radius 1 is 1.03 bits per heavy atom. The summed E-state index contributed by atoms with van der Waals surface area (Å²) < 4.78 is 12.6. The van der Waals surface area contributed by atoms with Gasteiger partial charge in [-0.3, -0.25) is 14.0 Å². The molecule has 0 bridgehead atoms. The third-order valence-corrected chi connectivity index (χ3v) is 5.93. The fraction of sp³-hybridized carbons (Fsp3) is 0.174. The van der Waals surface area contributed by atoms with Crippen molar-refractivity contribution < 1.29 is 9.47 Å². The predicted octanol–water partition coefficient (Wildman–Crippen LogP) is 2.58. The summed E-state index contributed by atoms with van der Waals surface area (Å²) in [4.78, 5) is 30.3. The molecular weight excluding hydrogens is 400 g/mol. The number of benzene rings is 2. The molecule has 152 valence electrons. The fourth-order valence-electron chi connectivity index (χ4n) is 3.39. The highest BCUT2D eigenvalue weighted by Crippen LogP contribution is 2.27. The van der Waals surface area contributed by atoms with Gasteiger partial charge >= 0.3 is 0 Å². The van der Waals surface area contributed by atoms with Crippen LogP contribution >= 0.6 is 11.3 Å². The average Bonchev–Trinajstić information content (AvgIpc) is 3.06. The Labute approximate surface area is 176 Å². The number of aromatic nitrogens is 2. The van der Waals surface area contributed by atoms with Crippen LogP contribution in [0.3, 0.4) is 0 Å². The molecule has 0 saturated carbocycles. The van der Waals surface area contributed by atoms with E-state index in [-0.39, 0.29) is 11.1 Å². The van der Waals surface area contributed by atoms with Crippen molar-refractivity contribution >= 4 is 22.4 Å². The Morgan fingerprint density at radius 2 is 1.77 bits per heavy atom. The Hall–Kier alpha value is -3.45. The molecule has 0 aliphatic heterocycles. The van der Waals surface area contributed by atoms with E-state index in [0.29, 0.717) is 38.7 Å². The van der Waals surface area contributed by atoms with Gasteiger partial charge in [-0.2, -0.15) is 4.98 Å². The lowest BCUT2D eigenvalue weighted by Gasteiger charge is -2.07. The third-order valence-electron chi connectivity index (χ3n) is 4.96. The van der Waals surface area contributed by atoms with Crippen LogP contribution in [-0.2, 0) is 6.42 Å². The summed E-state index contributed by atoms with van der Waals surface area (Å²) in [7, 11) is 3.13. The zero-order chi connectivity index (χ0) is 21.3. The van der Waals surface area contributed by atoms with E-state index in [1.807, 2.05) is 36.4 Å². The molecule has 0 saturated heterocycles. The van der Waals surface area contributed by atoms with Crippen LogP contribution in [0.2, 0.25) is 0 Å². The van der Waals surface area contributed by atoms with Crippen LogP contribution in [0.4, 0.5) is 0 Å². The molecule has 2 heterocycles. The van der Waals surface area contributed by atoms with Crippen molar-refractivity contribution in [3.05, 3.63) is 96.2 Å². The monoisotopic (exact) mass is 420 g/mol. The molecule has 0 aliphatic rings. The summed E-state index contributed by atoms with van der Waals surface area (Å²) in [5, 5.41) is 0. The third kappa shape index (κ3) is 3.59. The number of ether oxygens (including phenoxy) is 2. The molecule has 4 rings (SSSR count). The van der Waals surface area contributed by atoms with Crippen LogP contribution in [0.1, 0.15) is 22.4 Å². The molecule has 6 nitrogen and oxygen atoms in total. The number of thiazole rings is 1. The summed E-state index contributed by atoms with van der Waals surface area (Å²) in [6, 6.07) is 15.1. The van der Waals surface area contributed by atoms with E-state index in [9.17, 15) is 9.59 Å². The van der Waals surface area contributed by atoms with Gasteiger partial charge in [0, 0.05) is 17.7 Å². The molecule has 2 aromatic carbocycles. The highest BCUT2D eigenvalue weighted by molar-refractivity contribution is 7.15. The largest absolute Gasteiger partial charge is 0.493 e. The summed E-state index contributed by atoms with van der Waals surface area (Å²) in [6.07, 6.45) is 2.20. The van der Waals surface area contributed by atoms with Crippen molar-refractivity contribution in [3.63, 3.8) is 0 Å². The van der Waals surface area contributed by atoms with Crippen LogP contribution in [0.15, 0.2) is 58.1 Å². The number of rotatable bonds is 5. The summed E-state index contributed by atoms with van der Waals surface area (Å²) in [5.74, 6) is 1.19. The van der Waals surface area contributed by atoms with E-state index in [4.69, 9.17) is 9.47 Å². The lowest BCUT2D eigenvalue weighted by molar-refractivity contribution is 0.355. The van der Waals surface area contributed by atoms with Gasteiger partial charge < -0.3 is 9.47 Å². The molecular formula is C23H20N2O4S. The first-order chi connectivity index (χ1) is 14.5. The summed E-state index contributed by atoms with van der Waals surface area (Å²) in [6.45, 7) is 1.79. The van der Waals surface area contributed by atoms with Crippen molar-refractivity contribution in [1.29, 1.82) is 0 Å². The molecule has 7 heteroatoms. The summed E-state index contributed by atoms with van der Waals surface area (Å²) in [5.41, 5.74) is 2.47. The molecule has 2 aromatic heterocycles. The van der Waals surface area contributed by atoms with Gasteiger partial charge in [0.05, 0.1) is 18.8 Å². The maximum atomic E-state index is 13.1. The Kier molecular flexibility index (Phi) is 5.37. The molecule has 4 aromatic rings. The van der Waals surface area contributed by atoms with Crippen molar-refractivity contribution in [2.45, 2.75) is 13.3 Å². The lowest BCUT2D eigenvalue weighted by Crippen LogP contribution is -2.27. The van der Waals surface area contributed by atoms with Crippen LogP contribution in [-0.4, -0.2) is 23.6 Å². The SMILES string of the molecule is COc1ccc(/C=c2/sc3nc(=O)c(Cc4ccccc4)c(C)n3c2=O)cc1OC. The van der Waals surface area contributed by atoms with Crippen LogP contribution in [0, 0.1) is 6.92 Å². The van der Waals surface area contributed by atoms with Crippen LogP contribution < -0.4 is 25.1 Å². The minimum atomic E-state index is -0.296. The van der Waals surface area contributed by atoms with Crippen molar-refractivity contribution in [2.75, 3.05) is 14.2 Å². The number of hydrogen-bond acceptors (Lipinski definition) is 6. The normalized spacial score (nSPS) is 11.8. The van der Waals surface area contributed by atoms with Crippen LogP contribution in [0.25, 0.3) is 11.0 Å². The minimum Gasteiger partial charge on any atom is -0.493 e. The van der Waals surface area contributed by atoms with E-state index in [1.165, 1.54) is 15.7 Å². The van der Waals surface area contributed by atoms with E-state index in [0.717, 1.165) is 11.1 Å². The number of fused-ring (bicyclic) bond motifs is 1. The average molecular weight is 420 g/mol. The molecule has 0 fully saturated rings. The van der Waals surface area contributed by atoms with Gasteiger partial charge in [0.2, 0.25) is 4.96 Å². The van der Waals surface area contributed by atoms with Gasteiger partial charge in [-0.15, -0.1) is 0 Å². The topological polar surface area (TPSA) is 69.9 Å². The van der Waals surface area contributed by atoms with Crippen LogP contribution in [0.5, 0.6) is 11.5 Å². The zero-order valence-corrected chi connectivity index (χ0v) is 17.7. The first-order valence-corrected chi connectivity index (χ1v) is 10.2.